The Labute approximate surface area is 108 Å². The number of carbonyl (C=O) groups excluding carboxylic acids is 2. The fraction of sp³-hybridized carbons (Fsp3) is 0.833. The Hall–Kier alpha value is -1.14. The van der Waals surface area contributed by atoms with Gasteiger partial charge in [-0.2, -0.15) is 0 Å². The van der Waals surface area contributed by atoms with E-state index in [4.69, 9.17) is 5.11 Å². The third kappa shape index (κ3) is 5.97. The Balaban J connectivity index is 2.25. The molecule has 3 N–H and O–H groups in total. The number of carbonyl (C=O) groups is 2. The van der Waals surface area contributed by atoms with Crippen molar-refractivity contribution in [3.63, 3.8) is 0 Å². The summed E-state index contributed by atoms with van der Waals surface area (Å²) in [6, 6.07) is 0.0146. The van der Waals surface area contributed by atoms with Crippen LogP contribution in [0.25, 0.3) is 0 Å². The van der Waals surface area contributed by atoms with Crippen molar-refractivity contribution >= 4 is 11.9 Å². The SMILES string of the molecule is CCCNC(=O)NC(=O)CN(CCCO)C1CC1. The van der Waals surface area contributed by atoms with Crippen molar-refractivity contribution in [2.75, 3.05) is 26.2 Å². The summed E-state index contributed by atoms with van der Waals surface area (Å²) in [4.78, 5) is 25.0. The zero-order valence-electron chi connectivity index (χ0n) is 10.9. The molecule has 0 spiro atoms. The monoisotopic (exact) mass is 257 g/mol. The first-order valence-corrected chi connectivity index (χ1v) is 6.60. The minimum Gasteiger partial charge on any atom is -0.396 e. The Kier molecular flexibility index (Phi) is 6.67. The molecule has 1 saturated carbocycles. The number of hydrogen-bond donors (Lipinski definition) is 3. The molecule has 0 radical (unpaired) electrons. The Morgan fingerprint density at radius 2 is 2.11 bits per heavy atom. The molecule has 1 fully saturated rings. The number of aliphatic hydroxyl groups excluding tert-OH is 1. The fourth-order valence-corrected chi connectivity index (χ4v) is 1.74. The molecule has 0 heterocycles. The largest absolute Gasteiger partial charge is 0.396 e. The molecule has 18 heavy (non-hydrogen) atoms. The predicted molar refractivity (Wildman–Crippen MR) is 68.1 cm³/mol. The van der Waals surface area contributed by atoms with E-state index in [9.17, 15) is 9.59 Å². The van der Waals surface area contributed by atoms with E-state index >= 15 is 0 Å². The number of hydrogen-bond acceptors (Lipinski definition) is 4. The average Bonchev–Trinajstić information content (AvgIpc) is 3.15. The van der Waals surface area contributed by atoms with Gasteiger partial charge in [-0.05, 0) is 25.7 Å². The summed E-state index contributed by atoms with van der Waals surface area (Å²) in [5.74, 6) is -0.284. The van der Waals surface area contributed by atoms with Crippen molar-refractivity contribution in [2.24, 2.45) is 0 Å². The van der Waals surface area contributed by atoms with Crippen LogP contribution >= 0.6 is 0 Å². The molecule has 1 aliphatic carbocycles. The van der Waals surface area contributed by atoms with E-state index in [2.05, 4.69) is 10.6 Å². The van der Waals surface area contributed by atoms with Gasteiger partial charge in [0, 0.05) is 25.7 Å². The number of imide groups is 1. The highest BCUT2D eigenvalue weighted by molar-refractivity contribution is 5.95. The standard InChI is InChI=1S/C12H23N3O3/c1-2-6-13-12(18)14-11(17)9-15(7-3-8-16)10-4-5-10/h10,16H,2-9H2,1H3,(H2,13,14,17,18). The van der Waals surface area contributed by atoms with Crippen molar-refractivity contribution in [3.05, 3.63) is 0 Å². The summed E-state index contributed by atoms with van der Waals surface area (Å²) >= 11 is 0. The van der Waals surface area contributed by atoms with Gasteiger partial charge in [0.05, 0.1) is 6.54 Å². The van der Waals surface area contributed by atoms with Gasteiger partial charge in [-0.15, -0.1) is 0 Å². The summed E-state index contributed by atoms with van der Waals surface area (Å²) in [6.45, 7) is 3.57. The molecule has 0 aromatic carbocycles. The lowest BCUT2D eigenvalue weighted by Crippen LogP contribution is -2.45. The van der Waals surface area contributed by atoms with Crippen molar-refractivity contribution in [3.8, 4) is 0 Å². The van der Waals surface area contributed by atoms with Gasteiger partial charge in [-0.25, -0.2) is 4.79 Å². The summed E-state index contributed by atoms with van der Waals surface area (Å²) in [5, 5.41) is 13.7. The highest BCUT2D eigenvalue weighted by Crippen LogP contribution is 2.26. The molecule has 6 nitrogen and oxygen atoms in total. The van der Waals surface area contributed by atoms with Crippen LogP contribution < -0.4 is 10.6 Å². The predicted octanol–water partition coefficient (Wildman–Crippen LogP) is 0.0690. The molecule has 0 aromatic rings. The number of urea groups is 1. The molecule has 1 aliphatic rings. The third-order valence-corrected chi connectivity index (χ3v) is 2.80. The molecule has 0 aromatic heterocycles. The van der Waals surface area contributed by atoms with Crippen LogP contribution in [0.4, 0.5) is 4.79 Å². The van der Waals surface area contributed by atoms with E-state index in [1.54, 1.807) is 0 Å². The van der Waals surface area contributed by atoms with Gasteiger partial charge in [-0.3, -0.25) is 15.0 Å². The van der Waals surface area contributed by atoms with Crippen LogP contribution in [-0.4, -0.2) is 54.2 Å². The maximum absolute atomic E-state index is 11.6. The first-order valence-electron chi connectivity index (χ1n) is 6.60. The smallest absolute Gasteiger partial charge is 0.321 e. The molecule has 0 atom stereocenters. The summed E-state index contributed by atoms with van der Waals surface area (Å²) in [6.07, 6.45) is 3.69. The van der Waals surface area contributed by atoms with Crippen LogP contribution in [-0.2, 0) is 4.79 Å². The second-order valence-corrected chi connectivity index (χ2v) is 4.58. The molecule has 0 bridgehead atoms. The van der Waals surface area contributed by atoms with E-state index in [1.165, 1.54) is 0 Å². The van der Waals surface area contributed by atoms with Crippen LogP contribution in [0.2, 0.25) is 0 Å². The maximum atomic E-state index is 11.6. The Bertz CT molecular complexity index is 280. The molecule has 3 amide bonds. The number of nitrogens with zero attached hydrogens (tertiary/aromatic N) is 1. The zero-order valence-corrected chi connectivity index (χ0v) is 10.9. The summed E-state index contributed by atoms with van der Waals surface area (Å²) in [5.41, 5.74) is 0. The number of nitrogens with one attached hydrogen (secondary N) is 2. The lowest BCUT2D eigenvalue weighted by molar-refractivity contribution is -0.121. The minimum atomic E-state index is -0.431. The Morgan fingerprint density at radius 3 is 2.67 bits per heavy atom. The second-order valence-electron chi connectivity index (χ2n) is 4.58. The topological polar surface area (TPSA) is 81.7 Å². The van der Waals surface area contributed by atoms with Gasteiger partial charge in [0.1, 0.15) is 0 Å². The normalized spacial score (nSPS) is 14.6. The highest BCUT2D eigenvalue weighted by atomic mass is 16.3. The minimum absolute atomic E-state index is 0.127. The van der Waals surface area contributed by atoms with E-state index in [0.717, 1.165) is 19.3 Å². The molecule has 1 rings (SSSR count). The van der Waals surface area contributed by atoms with Crippen LogP contribution in [0.3, 0.4) is 0 Å². The zero-order chi connectivity index (χ0) is 13.4. The lowest BCUT2D eigenvalue weighted by atomic mass is 10.3. The van der Waals surface area contributed by atoms with E-state index in [-0.39, 0.29) is 19.1 Å². The van der Waals surface area contributed by atoms with Crippen molar-refractivity contribution in [2.45, 2.75) is 38.6 Å². The van der Waals surface area contributed by atoms with Gasteiger partial charge in [0.2, 0.25) is 5.91 Å². The van der Waals surface area contributed by atoms with Gasteiger partial charge >= 0.3 is 6.03 Å². The van der Waals surface area contributed by atoms with Gasteiger partial charge < -0.3 is 10.4 Å². The maximum Gasteiger partial charge on any atom is 0.321 e. The second kappa shape index (κ2) is 8.05. The Morgan fingerprint density at radius 1 is 1.39 bits per heavy atom. The van der Waals surface area contributed by atoms with E-state index in [0.29, 0.717) is 25.6 Å². The first-order chi connectivity index (χ1) is 8.67. The number of rotatable bonds is 8. The molecule has 6 heteroatoms. The van der Waals surface area contributed by atoms with Gasteiger partial charge in [0.25, 0.3) is 0 Å². The average molecular weight is 257 g/mol. The summed E-state index contributed by atoms with van der Waals surface area (Å²) < 4.78 is 0. The van der Waals surface area contributed by atoms with Crippen LogP contribution in [0, 0.1) is 0 Å². The van der Waals surface area contributed by atoms with Crippen LogP contribution in [0.15, 0.2) is 0 Å². The number of aliphatic hydroxyl groups is 1. The first kappa shape index (κ1) is 14.9. The number of amides is 3. The van der Waals surface area contributed by atoms with Crippen molar-refractivity contribution in [1.82, 2.24) is 15.5 Å². The van der Waals surface area contributed by atoms with Gasteiger partial charge in [0.15, 0.2) is 0 Å². The third-order valence-electron chi connectivity index (χ3n) is 2.80. The summed E-state index contributed by atoms with van der Waals surface area (Å²) in [7, 11) is 0. The fourth-order valence-electron chi connectivity index (χ4n) is 1.74. The van der Waals surface area contributed by atoms with Crippen molar-refractivity contribution < 1.29 is 14.7 Å². The van der Waals surface area contributed by atoms with Gasteiger partial charge in [-0.1, -0.05) is 6.92 Å². The lowest BCUT2D eigenvalue weighted by Gasteiger charge is -2.20. The molecule has 0 aliphatic heterocycles. The quantitative estimate of drug-likeness (QED) is 0.575. The van der Waals surface area contributed by atoms with Crippen LogP contribution in [0.5, 0.6) is 0 Å². The molecule has 104 valence electrons. The molecular formula is C12H23N3O3. The molecule has 0 unspecified atom stereocenters. The van der Waals surface area contributed by atoms with Crippen LogP contribution in [0.1, 0.15) is 32.6 Å². The van der Waals surface area contributed by atoms with E-state index in [1.807, 2.05) is 11.8 Å². The van der Waals surface area contributed by atoms with E-state index < -0.39 is 6.03 Å². The molecule has 0 saturated heterocycles. The molecular weight excluding hydrogens is 234 g/mol. The highest BCUT2D eigenvalue weighted by Gasteiger charge is 2.29. The van der Waals surface area contributed by atoms with Crippen molar-refractivity contribution in [1.29, 1.82) is 0 Å².